The van der Waals surface area contributed by atoms with Gasteiger partial charge in [-0.05, 0) is 36.6 Å². The van der Waals surface area contributed by atoms with E-state index in [-0.39, 0.29) is 28.9 Å². The van der Waals surface area contributed by atoms with Crippen molar-refractivity contribution in [3.63, 3.8) is 0 Å². The largest absolute Gasteiger partial charge is 0.366 e. The number of nitrogens with one attached hydrogen (secondary N) is 1. The minimum Gasteiger partial charge on any atom is -0.366 e. The normalized spacial score (nSPS) is 19.7. The Labute approximate surface area is 216 Å². The van der Waals surface area contributed by atoms with E-state index in [1.165, 1.54) is 23.9 Å². The van der Waals surface area contributed by atoms with Gasteiger partial charge in [0.05, 0.1) is 10.8 Å². The van der Waals surface area contributed by atoms with Crippen LogP contribution in [0.2, 0.25) is 10.0 Å². The van der Waals surface area contributed by atoms with Crippen molar-refractivity contribution in [1.82, 2.24) is 9.62 Å². The van der Waals surface area contributed by atoms with Crippen molar-refractivity contribution in [3.8, 4) is 0 Å². The van der Waals surface area contributed by atoms with Crippen LogP contribution in [0.1, 0.15) is 37.8 Å². The van der Waals surface area contributed by atoms with Crippen LogP contribution < -0.4 is 4.72 Å². The van der Waals surface area contributed by atoms with Gasteiger partial charge >= 0.3 is 0 Å². The highest BCUT2D eigenvalue weighted by atomic mass is 35.5. The summed E-state index contributed by atoms with van der Waals surface area (Å²) in [5.74, 6) is 0.351. The zero-order valence-corrected chi connectivity index (χ0v) is 22.4. The molecule has 3 rings (SSSR count). The molecule has 11 heteroatoms. The van der Waals surface area contributed by atoms with Crippen molar-refractivity contribution in [1.29, 1.82) is 0 Å². The van der Waals surface area contributed by atoms with E-state index in [4.69, 9.17) is 23.2 Å². The summed E-state index contributed by atoms with van der Waals surface area (Å²) in [5, 5.41) is 12.9. The maximum atomic E-state index is 13.1. The minimum atomic E-state index is -3.95. The number of aliphatic hydroxyl groups is 1. The lowest BCUT2D eigenvalue weighted by atomic mass is 10.0. The average molecular weight is 553 g/mol. The summed E-state index contributed by atoms with van der Waals surface area (Å²) in [6.45, 7) is 5.37. The third-order valence-electron chi connectivity index (χ3n) is 5.09. The number of aliphatic imine (C=N–C) groups is 1. The van der Waals surface area contributed by atoms with E-state index in [1.54, 1.807) is 30.3 Å². The van der Waals surface area contributed by atoms with Crippen molar-refractivity contribution in [2.24, 2.45) is 4.99 Å². The maximum absolute atomic E-state index is 13.1. The summed E-state index contributed by atoms with van der Waals surface area (Å²) in [6, 6.07) is 11.6. The minimum absolute atomic E-state index is 0. The topological polar surface area (TPSA) is 82.0 Å². The first-order valence-electron chi connectivity index (χ1n) is 10.4. The SMILES string of the molecule is CCCN=C1SCC(O)(c2ccc(Cl)c(S(=O)(=O)NCc3ccccc3Cl)c2)N1CCC.Cl. The van der Waals surface area contributed by atoms with Crippen LogP contribution in [0.5, 0.6) is 0 Å². The zero-order valence-electron chi connectivity index (χ0n) is 18.4. The van der Waals surface area contributed by atoms with Gasteiger partial charge in [-0.15, -0.1) is 12.4 Å². The van der Waals surface area contributed by atoms with E-state index < -0.39 is 15.7 Å². The molecule has 1 atom stereocenters. The molecular weight excluding hydrogens is 525 g/mol. The van der Waals surface area contributed by atoms with Crippen LogP contribution in [-0.2, 0) is 22.3 Å². The lowest BCUT2D eigenvalue weighted by Gasteiger charge is -2.34. The monoisotopic (exact) mass is 551 g/mol. The first-order chi connectivity index (χ1) is 15.2. The van der Waals surface area contributed by atoms with Crippen LogP contribution in [0.25, 0.3) is 0 Å². The highest BCUT2D eigenvalue weighted by Crippen LogP contribution is 2.40. The molecule has 0 bridgehead atoms. The molecule has 0 spiro atoms. The van der Waals surface area contributed by atoms with Gasteiger partial charge in [0.25, 0.3) is 0 Å². The third-order valence-corrected chi connectivity index (χ3v) is 8.50. The van der Waals surface area contributed by atoms with Crippen LogP contribution in [0, 0.1) is 0 Å². The molecule has 0 radical (unpaired) electrons. The number of rotatable bonds is 9. The van der Waals surface area contributed by atoms with Gasteiger partial charge in [0.15, 0.2) is 10.9 Å². The number of nitrogens with zero attached hydrogens (tertiary/aromatic N) is 2. The first-order valence-corrected chi connectivity index (χ1v) is 13.7. The molecule has 1 saturated heterocycles. The second-order valence-electron chi connectivity index (χ2n) is 7.48. The number of sulfonamides is 1. The maximum Gasteiger partial charge on any atom is 0.242 e. The van der Waals surface area contributed by atoms with Crippen LogP contribution in [-0.4, -0.2) is 42.4 Å². The first kappa shape index (κ1) is 28.2. The fourth-order valence-electron chi connectivity index (χ4n) is 3.41. The van der Waals surface area contributed by atoms with Gasteiger partial charge in [-0.3, -0.25) is 4.99 Å². The van der Waals surface area contributed by atoms with Crippen molar-refractivity contribution in [2.45, 2.75) is 43.9 Å². The molecule has 0 aromatic heterocycles. The van der Waals surface area contributed by atoms with Gasteiger partial charge in [-0.2, -0.15) is 0 Å². The Balaban J connectivity index is 0.00000385. The quantitative estimate of drug-likeness (QED) is 0.443. The Morgan fingerprint density at radius 1 is 1.15 bits per heavy atom. The molecule has 2 aromatic rings. The molecule has 6 nitrogen and oxygen atoms in total. The van der Waals surface area contributed by atoms with E-state index in [9.17, 15) is 13.5 Å². The second-order valence-corrected chi connectivity index (χ2v) is 11.0. The molecule has 0 saturated carbocycles. The van der Waals surface area contributed by atoms with Gasteiger partial charge in [-0.25, -0.2) is 13.1 Å². The lowest BCUT2D eigenvalue weighted by Crippen LogP contribution is -2.45. The Morgan fingerprint density at radius 2 is 1.88 bits per heavy atom. The molecule has 2 N–H and O–H groups in total. The predicted molar refractivity (Wildman–Crippen MR) is 140 cm³/mol. The van der Waals surface area contributed by atoms with Crippen molar-refractivity contribution in [3.05, 3.63) is 63.6 Å². The van der Waals surface area contributed by atoms with Crippen LogP contribution in [0.4, 0.5) is 0 Å². The smallest absolute Gasteiger partial charge is 0.242 e. The highest BCUT2D eigenvalue weighted by Gasteiger charge is 2.44. The number of thioether (sulfide) groups is 1. The molecule has 1 fully saturated rings. The van der Waals surface area contributed by atoms with E-state index in [0.717, 1.165) is 18.0 Å². The van der Waals surface area contributed by atoms with E-state index in [2.05, 4.69) is 9.71 Å². The fraction of sp³-hybridized carbons (Fsp3) is 0.409. The molecule has 33 heavy (non-hydrogen) atoms. The average Bonchev–Trinajstić information content (AvgIpc) is 3.08. The molecule has 1 heterocycles. The van der Waals surface area contributed by atoms with E-state index >= 15 is 0 Å². The number of hydrogen-bond acceptors (Lipinski definition) is 5. The standard InChI is InChI=1S/C22H27Cl2N3O3S2.ClH/c1-3-11-25-21-27(12-4-2)22(28,15-31-21)17-9-10-19(24)20(13-17)32(29,30)26-14-16-7-5-6-8-18(16)23;/h5-10,13,26,28H,3-4,11-12,14-15H2,1-2H3;1H. The molecular formula is C22H28Cl3N3O3S2. The number of hydrogen-bond donors (Lipinski definition) is 2. The summed E-state index contributed by atoms with van der Waals surface area (Å²) in [4.78, 5) is 6.36. The van der Waals surface area contributed by atoms with Crippen molar-refractivity contribution in [2.75, 3.05) is 18.8 Å². The molecule has 0 aliphatic carbocycles. The predicted octanol–water partition coefficient (Wildman–Crippen LogP) is 5.26. The number of benzene rings is 2. The zero-order chi connectivity index (χ0) is 23.4. The van der Waals surface area contributed by atoms with Crippen molar-refractivity contribution < 1.29 is 13.5 Å². The summed E-state index contributed by atoms with van der Waals surface area (Å²) >= 11 is 13.9. The summed E-state index contributed by atoms with van der Waals surface area (Å²) in [7, 11) is -3.95. The van der Waals surface area contributed by atoms with Gasteiger partial charge in [-0.1, -0.05) is 73.1 Å². The Bertz CT molecular complexity index is 1100. The third kappa shape index (κ3) is 6.36. The number of amidine groups is 1. The fourth-order valence-corrected chi connectivity index (χ4v) is 6.38. The molecule has 0 amide bonds. The summed E-state index contributed by atoms with van der Waals surface area (Å²) < 4.78 is 28.7. The van der Waals surface area contributed by atoms with E-state index in [0.29, 0.717) is 35.0 Å². The summed E-state index contributed by atoms with van der Waals surface area (Å²) in [6.07, 6.45) is 1.72. The highest BCUT2D eigenvalue weighted by molar-refractivity contribution is 8.14. The molecule has 1 aliphatic rings. The van der Waals surface area contributed by atoms with Gasteiger partial charge < -0.3 is 10.0 Å². The van der Waals surface area contributed by atoms with E-state index in [1.807, 2.05) is 18.7 Å². The second kappa shape index (κ2) is 12.1. The van der Waals surface area contributed by atoms with Crippen molar-refractivity contribution >= 4 is 62.6 Å². The molecule has 1 unspecified atom stereocenters. The number of halogens is 3. The Kier molecular flexibility index (Phi) is 10.4. The van der Waals surface area contributed by atoms with Gasteiger partial charge in [0.1, 0.15) is 4.90 Å². The van der Waals surface area contributed by atoms with Crippen LogP contribution in [0.3, 0.4) is 0 Å². The Hall–Kier alpha value is -1.000. The summed E-state index contributed by atoms with van der Waals surface area (Å²) in [5.41, 5.74) is -0.255. The van der Waals surface area contributed by atoms with Gasteiger partial charge in [0.2, 0.25) is 10.0 Å². The molecule has 1 aliphatic heterocycles. The Morgan fingerprint density at radius 3 is 2.55 bits per heavy atom. The van der Waals surface area contributed by atoms with Crippen LogP contribution >= 0.6 is 47.4 Å². The van der Waals surface area contributed by atoms with Gasteiger partial charge in [0, 0.05) is 30.2 Å². The van der Waals surface area contributed by atoms with Crippen LogP contribution in [0.15, 0.2) is 52.4 Å². The molecule has 182 valence electrons. The lowest BCUT2D eigenvalue weighted by molar-refractivity contribution is -0.0479. The molecule has 2 aromatic carbocycles.